The van der Waals surface area contributed by atoms with E-state index in [0.717, 1.165) is 4.47 Å². The van der Waals surface area contributed by atoms with Crippen LogP contribution >= 0.6 is 27.5 Å². The van der Waals surface area contributed by atoms with Crippen LogP contribution in [0.3, 0.4) is 0 Å². The van der Waals surface area contributed by atoms with Gasteiger partial charge in [-0.05, 0) is 35.8 Å². The second-order valence-electron chi connectivity index (χ2n) is 3.21. The third kappa shape index (κ3) is 4.82. The van der Waals surface area contributed by atoms with Crippen LogP contribution in [-0.4, -0.2) is 24.3 Å². The summed E-state index contributed by atoms with van der Waals surface area (Å²) < 4.78 is 11.5. The first-order valence-electron chi connectivity index (χ1n) is 4.65. The van der Waals surface area contributed by atoms with Gasteiger partial charge in [0.1, 0.15) is 6.61 Å². The summed E-state index contributed by atoms with van der Waals surface area (Å²) in [6.07, 6.45) is 1.76. The number of hydrogen-bond donors (Lipinski definition) is 0. The van der Waals surface area contributed by atoms with Gasteiger partial charge in [-0.3, -0.25) is 0 Å². The lowest BCUT2D eigenvalue weighted by Gasteiger charge is -2.09. The number of nitrogens with zero attached hydrogens (tertiary/aromatic N) is 1. The summed E-state index contributed by atoms with van der Waals surface area (Å²) in [7, 11) is 0. The van der Waals surface area contributed by atoms with Crippen molar-refractivity contribution in [2.75, 3.05) is 13.2 Å². The van der Waals surface area contributed by atoms with Gasteiger partial charge in [0.25, 0.3) is 0 Å². The third-order valence-corrected chi connectivity index (χ3v) is 2.32. The third-order valence-electron chi connectivity index (χ3n) is 1.55. The van der Waals surface area contributed by atoms with Crippen molar-refractivity contribution in [3.05, 3.63) is 21.8 Å². The van der Waals surface area contributed by atoms with E-state index in [-0.39, 0.29) is 6.10 Å². The molecule has 3 nitrogen and oxygen atoms in total. The van der Waals surface area contributed by atoms with E-state index in [2.05, 4.69) is 20.9 Å². The molecule has 0 spiro atoms. The molecule has 0 saturated carbocycles. The van der Waals surface area contributed by atoms with Crippen molar-refractivity contribution in [2.45, 2.75) is 20.0 Å². The molecule has 0 unspecified atom stereocenters. The smallest absolute Gasteiger partial charge is 0.228 e. The van der Waals surface area contributed by atoms with E-state index >= 15 is 0 Å². The molecule has 0 N–H and O–H groups in total. The molecule has 0 aliphatic heterocycles. The van der Waals surface area contributed by atoms with Crippen molar-refractivity contribution in [3.63, 3.8) is 0 Å². The summed E-state index contributed by atoms with van der Waals surface area (Å²) in [6.45, 7) is 4.99. The summed E-state index contributed by atoms with van der Waals surface area (Å²) in [6, 6.07) is 1.74. The fourth-order valence-corrected chi connectivity index (χ4v) is 1.68. The van der Waals surface area contributed by atoms with Gasteiger partial charge < -0.3 is 9.47 Å². The minimum Gasteiger partial charge on any atom is -0.474 e. The quantitative estimate of drug-likeness (QED) is 0.781. The number of pyridine rings is 1. The Hall–Kier alpha value is -0.320. The number of ether oxygens (including phenoxy) is 2. The van der Waals surface area contributed by atoms with E-state index in [1.54, 1.807) is 12.3 Å². The van der Waals surface area contributed by atoms with Crippen molar-refractivity contribution in [3.8, 4) is 5.88 Å². The zero-order valence-corrected chi connectivity index (χ0v) is 11.0. The summed E-state index contributed by atoms with van der Waals surface area (Å²) >= 11 is 9.06. The lowest BCUT2D eigenvalue weighted by atomic mass is 10.5. The fourth-order valence-electron chi connectivity index (χ4n) is 0.930. The highest BCUT2D eigenvalue weighted by molar-refractivity contribution is 9.10. The Bertz CT molecular complexity index is 320. The second-order valence-corrected chi connectivity index (χ2v) is 4.50. The Morgan fingerprint density at radius 1 is 1.47 bits per heavy atom. The lowest BCUT2D eigenvalue weighted by molar-refractivity contribution is 0.0541. The summed E-state index contributed by atoms with van der Waals surface area (Å²) in [5.41, 5.74) is 0. The standard InChI is InChI=1S/C10H13BrClNO2/c1-7(2)14-3-4-15-10-9(11)5-8(12)6-13-10/h5-7H,3-4H2,1-2H3. The van der Waals surface area contributed by atoms with Gasteiger partial charge in [0.05, 0.1) is 22.2 Å². The maximum absolute atomic E-state index is 5.75. The molecule has 1 aromatic rings. The molecule has 0 radical (unpaired) electrons. The number of rotatable bonds is 5. The Kier molecular flexibility index (Phi) is 5.36. The van der Waals surface area contributed by atoms with Crippen LogP contribution < -0.4 is 4.74 Å². The summed E-state index contributed by atoms with van der Waals surface area (Å²) in [4.78, 5) is 4.04. The minimum atomic E-state index is 0.218. The molecule has 0 saturated heterocycles. The number of hydrogen-bond acceptors (Lipinski definition) is 3. The van der Waals surface area contributed by atoms with Crippen LogP contribution in [-0.2, 0) is 4.74 Å². The first kappa shape index (κ1) is 12.7. The molecule has 84 valence electrons. The van der Waals surface area contributed by atoms with Crippen LogP contribution in [0.15, 0.2) is 16.7 Å². The maximum atomic E-state index is 5.75. The van der Waals surface area contributed by atoms with Crippen LogP contribution in [0.2, 0.25) is 5.02 Å². The Labute approximate surface area is 103 Å². The van der Waals surface area contributed by atoms with Crippen LogP contribution in [0.1, 0.15) is 13.8 Å². The van der Waals surface area contributed by atoms with Crippen LogP contribution in [0, 0.1) is 0 Å². The van der Waals surface area contributed by atoms with E-state index in [0.29, 0.717) is 24.1 Å². The van der Waals surface area contributed by atoms with Crippen molar-refractivity contribution in [1.29, 1.82) is 0 Å². The zero-order valence-electron chi connectivity index (χ0n) is 8.67. The number of halogens is 2. The minimum absolute atomic E-state index is 0.218. The van der Waals surface area contributed by atoms with E-state index in [1.807, 2.05) is 13.8 Å². The van der Waals surface area contributed by atoms with E-state index in [1.165, 1.54) is 0 Å². The molecule has 1 rings (SSSR count). The zero-order chi connectivity index (χ0) is 11.3. The molecule has 0 atom stereocenters. The maximum Gasteiger partial charge on any atom is 0.228 e. The molecule has 15 heavy (non-hydrogen) atoms. The fraction of sp³-hybridized carbons (Fsp3) is 0.500. The highest BCUT2D eigenvalue weighted by Crippen LogP contribution is 2.24. The number of aromatic nitrogens is 1. The molecule has 0 aliphatic rings. The average Bonchev–Trinajstić information content (AvgIpc) is 2.14. The van der Waals surface area contributed by atoms with Gasteiger partial charge in [-0.2, -0.15) is 0 Å². The van der Waals surface area contributed by atoms with Crippen LogP contribution in [0.5, 0.6) is 5.88 Å². The predicted molar refractivity (Wildman–Crippen MR) is 63.5 cm³/mol. The van der Waals surface area contributed by atoms with Crippen molar-refractivity contribution in [2.24, 2.45) is 0 Å². The SMILES string of the molecule is CC(C)OCCOc1ncc(Cl)cc1Br. The lowest BCUT2D eigenvalue weighted by Crippen LogP contribution is -2.11. The molecule has 1 aromatic heterocycles. The molecule has 0 aromatic carbocycles. The van der Waals surface area contributed by atoms with Gasteiger partial charge in [0.2, 0.25) is 5.88 Å². The van der Waals surface area contributed by atoms with Crippen LogP contribution in [0.25, 0.3) is 0 Å². The van der Waals surface area contributed by atoms with Gasteiger partial charge in [0.15, 0.2) is 0 Å². The summed E-state index contributed by atoms with van der Waals surface area (Å²) in [5, 5.41) is 0.577. The topological polar surface area (TPSA) is 31.4 Å². The monoisotopic (exact) mass is 293 g/mol. The first-order valence-corrected chi connectivity index (χ1v) is 5.82. The molecule has 5 heteroatoms. The van der Waals surface area contributed by atoms with Crippen molar-refractivity contribution < 1.29 is 9.47 Å². The first-order chi connectivity index (χ1) is 7.09. The van der Waals surface area contributed by atoms with Crippen molar-refractivity contribution in [1.82, 2.24) is 4.98 Å². The van der Waals surface area contributed by atoms with E-state index < -0.39 is 0 Å². The largest absolute Gasteiger partial charge is 0.474 e. The Morgan fingerprint density at radius 3 is 2.80 bits per heavy atom. The average molecular weight is 295 g/mol. The molecule has 0 bridgehead atoms. The highest BCUT2D eigenvalue weighted by atomic mass is 79.9. The molecule has 0 amide bonds. The summed E-state index contributed by atoms with van der Waals surface area (Å²) in [5.74, 6) is 0.534. The molecule has 1 heterocycles. The highest BCUT2D eigenvalue weighted by Gasteiger charge is 2.03. The Balaban J connectivity index is 2.37. The molecule has 0 aliphatic carbocycles. The normalized spacial score (nSPS) is 10.7. The van der Waals surface area contributed by atoms with Gasteiger partial charge in [-0.25, -0.2) is 4.98 Å². The second kappa shape index (κ2) is 6.30. The van der Waals surface area contributed by atoms with Gasteiger partial charge >= 0.3 is 0 Å². The van der Waals surface area contributed by atoms with Gasteiger partial charge in [-0.15, -0.1) is 0 Å². The molecular formula is C10H13BrClNO2. The van der Waals surface area contributed by atoms with E-state index in [9.17, 15) is 0 Å². The Morgan fingerprint density at radius 2 is 2.20 bits per heavy atom. The van der Waals surface area contributed by atoms with Gasteiger partial charge in [-0.1, -0.05) is 11.6 Å². The molecule has 0 fully saturated rings. The molecular weight excluding hydrogens is 281 g/mol. The van der Waals surface area contributed by atoms with Crippen molar-refractivity contribution >= 4 is 27.5 Å². The van der Waals surface area contributed by atoms with Gasteiger partial charge in [0, 0.05) is 6.20 Å². The van der Waals surface area contributed by atoms with Crippen LogP contribution in [0.4, 0.5) is 0 Å². The predicted octanol–water partition coefficient (Wildman–Crippen LogP) is 3.30. The van der Waals surface area contributed by atoms with E-state index in [4.69, 9.17) is 21.1 Å².